The van der Waals surface area contributed by atoms with Gasteiger partial charge in [0.2, 0.25) is 0 Å². The van der Waals surface area contributed by atoms with Gasteiger partial charge in [-0.2, -0.15) is 0 Å². The smallest absolute Gasteiger partial charge is 0.348 e. The van der Waals surface area contributed by atoms with Crippen molar-refractivity contribution in [1.29, 1.82) is 0 Å². The molecule has 4 rings (SSSR count). The molecule has 2 heterocycles. The lowest BCUT2D eigenvalue weighted by Gasteiger charge is -2.16. The van der Waals surface area contributed by atoms with E-state index in [0.29, 0.717) is 18.0 Å². The van der Waals surface area contributed by atoms with Crippen molar-refractivity contribution in [1.82, 2.24) is 5.32 Å². The summed E-state index contributed by atoms with van der Waals surface area (Å²) < 4.78 is 10.9. The Labute approximate surface area is 166 Å². The third-order valence-electron chi connectivity index (χ3n) is 4.44. The van der Waals surface area contributed by atoms with Crippen molar-refractivity contribution in [2.75, 3.05) is 13.2 Å². The molecule has 0 fully saturated rings. The Bertz CT molecular complexity index is 997. The predicted octanol–water partition coefficient (Wildman–Crippen LogP) is 3.82. The summed E-state index contributed by atoms with van der Waals surface area (Å²) in [5.41, 5.74) is 3.08. The van der Waals surface area contributed by atoms with Crippen LogP contribution < -0.4 is 10.1 Å². The second kappa shape index (κ2) is 8.27. The number of benzene rings is 2. The first-order valence-electron chi connectivity index (χ1n) is 9.03. The van der Waals surface area contributed by atoms with E-state index in [-0.39, 0.29) is 12.5 Å². The summed E-state index contributed by atoms with van der Waals surface area (Å²) in [6.07, 6.45) is 0.734. The number of nitrogens with one attached hydrogen (secondary N) is 1. The first-order valence-corrected chi connectivity index (χ1v) is 9.85. The Kier molecular flexibility index (Phi) is 5.39. The van der Waals surface area contributed by atoms with Crippen molar-refractivity contribution in [3.63, 3.8) is 0 Å². The number of amides is 1. The van der Waals surface area contributed by atoms with E-state index in [1.165, 1.54) is 11.3 Å². The van der Waals surface area contributed by atoms with Gasteiger partial charge in [0.25, 0.3) is 5.91 Å². The molecule has 0 saturated carbocycles. The molecule has 3 aromatic rings. The van der Waals surface area contributed by atoms with Crippen LogP contribution in [-0.2, 0) is 22.6 Å². The van der Waals surface area contributed by atoms with E-state index in [9.17, 15) is 9.59 Å². The van der Waals surface area contributed by atoms with Gasteiger partial charge < -0.3 is 14.8 Å². The lowest BCUT2D eigenvalue weighted by atomic mass is 10.1. The van der Waals surface area contributed by atoms with Gasteiger partial charge in [0.05, 0.1) is 0 Å². The van der Waals surface area contributed by atoms with Gasteiger partial charge in [-0.3, -0.25) is 4.79 Å². The topological polar surface area (TPSA) is 64.6 Å². The molecule has 28 heavy (non-hydrogen) atoms. The number of carbonyl (C=O) groups excluding carboxylic acids is 2. The average molecular weight is 393 g/mol. The van der Waals surface area contributed by atoms with Crippen LogP contribution in [0.5, 0.6) is 5.75 Å². The zero-order chi connectivity index (χ0) is 19.3. The van der Waals surface area contributed by atoms with E-state index in [0.717, 1.165) is 33.7 Å². The van der Waals surface area contributed by atoms with Gasteiger partial charge in [-0.1, -0.05) is 42.5 Å². The summed E-state index contributed by atoms with van der Waals surface area (Å²) in [5.74, 6) is 0.0175. The van der Waals surface area contributed by atoms with Gasteiger partial charge in [0.15, 0.2) is 6.61 Å². The lowest BCUT2D eigenvalue weighted by Crippen LogP contribution is -2.30. The Hall–Kier alpha value is -3.12. The molecule has 0 unspecified atom stereocenters. The highest BCUT2D eigenvalue weighted by molar-refractivity contribution is 7.17. The maximum atomic E-state index is 12.3. The van der Waals surface area contributed by atoms with Crippen LogP contribution in [0.4, 0.5) is 0 Å². The molecule has 1 aliphatic rings. The van der Waals surface area contributed by atoms with E-state index in [1.807, 2.05) is 54.6 Å². The highest BCUT2D eigenvalue weighted by Gasteiger charge is 2.23. The Morgan fingerprint density at radius 2 is 1.86 bits per heavy atom. The highest BCUT2D eigenvalue weighted by atomic mass is 32.1. The van der Waals surface area contributed by atoms with Gasteiger partial charge in [0, 0.05) is 22.5 Å². The van der Waals surface area contributed by atoms with Crippen LogP contribution in [0.15, 0.2) is 60.7 Å². The summed E-state index contributed by atoms with van der Waals surface area (Å²) in [4.78, 5) is 25.8. The van der Waals surface area contributed by atoms with Crippen LogP contribution in [0.2, 0.25) is 0 Å². The summed E-state index contributed by atoms with van der Waals surface area (Å²) in [6.45, 7) is 0.640. The van der Waals surface area contributed by atoms with Crippen LogP contribution in [0.25, 0.3) is 10.4 Å². The van der Waals surface area contributed by atoms with Crippen LogP contribution in [0, 0.1) is 0 Å². The zero-order valence-corrected chi connectivity index (χ0v) is 16.0. The number of carbonyl (C=O) groups is 2. The molecule has 1 N–H and O–H groups in total. The molecule has 0 atom stereocenters. The van der Waals surface area contributed by atoms with Crippen LogP contribution in [-0.4, -0.2) is 25.0 Å². The average Bonchev–Trinajstić information content (AvgIpc) is 3.18. The fourth-order valence-corrected chi connectivity index (χ4v) is 4.14. The number of hydrogen-bond donors (Lipinski definition) is 1. The van der Waals surface area contributed by atoms with E-state index in [2.05, 4.69) is 5.32 Å². The standard InChI is InChI=1S/C22H19NO4S/c24-20(23-11-10-15-6-2-1-3-7-15)14-27-22(25)19-12-16-13-26-18-9-5-4-8-17(18)21(16)28-19/h1-9,12H,10-11,13-14H2,(H,23,24). The third kappa shape index (κ3) is 4.07. The minimum atomic E-state index is -0.491. The van der Waals surface area contributed by atoms with Crippen molar-refractivity contribution in [2.24, 2.45) is 0 Å². The maximum Gasteiger partial charge on any atom is 0.348 e. The van der Waals surface area contributed by atoms with Crippen molar-refractivity contribution in [3.8, 4) is 16.2 Å². The number of fused-ring (bicyclic) bond motifs is 3. The van der Waals surface area contributed by atoms with Crippen molar-refractivity contribution in [3.05, 3.63) is 76.7 Å². The van der Waals surface area contributed by atoms with E-state index >= 15 is 0 Å². The quantitative estimate of drug-likeness (QED) is 0.647. The number of ether oxygens (including phenoxy) is 2. The van der Waals surface area contributed by atoms with E-state index in [1.54, 1.807) is 6.07 Å². The number of esters is 1. The molecule has 0 saturated heterocycles. The fraction of sp³-hybridized carbons (Fsp3) is 0.182. The molecule has 0 aliphatic carbocycles. The predicted molar refractivity (Wildman–Crippen MR) is 108 cm³/mol. The molecule has 6 heteroatoms. The highest BCUT2D eigenvalue weighted by Crippen LogP contribution is 2.42. The molecule has 0 radical (unpaired) electrons. The SMILES string of the molecule is O=C(COC(=O)c1cc2c(s1)-c1ccccc1OC2)NCCc1ccccc1. The monoisotopic (exact) mass is 393 g/mol. The molecular formula is C22H19NO4S. The summed E-state index contributed by atoms with van der Waals surface area (Å²) in [7, 11) is 0. The van der Waals surface area contributed by atoms with Crippen molar-refractivity contribution < 1.29 is 19.1 Å². The largest absolute Gasteiger partial charge is 0.488 e. The van der Waals surface area contributed by atoms with Gasteiger partial charge in [0.1, 0.15) is 17.2 Å². The molecule has 1 aliphatic heterocycles. The lowest BCUT2D eigenvalue weighted by molar-refractivity contribution is -0.124. The number of hydrogen-bond acceptors (Lipinski definition) is 5. The molecular weight excluding hydrogens is 374 g/mol. The summed E-state index contributed by atoms with van der Waals surface area (Å²) in [6, 6.07) is 19.4. The fourth-order valence-electron chi connectivity index (χ4n) is 3.04. The second-order valence-corrected chi connectivity index (χ2v) is 7.46. The number of thiophene rings is 1. The minimum absolute atomic E-state index is 0.288. The van der Waals surface area contributed by atoms with Gasteiger partial charge >= 0.3 is 5.97 Å². The van der Waals surface area contributed by atoms with Gasteiger partial charge in [-0.15, -0.1) is 11.3 Å². The van der Waals surface area contributed by atoms with Crippen LogP contribution in [0.3, 0.4) is 0 Å². The number of para-hydroxylation sites is 1. The molecule has 2 aromatic carbocycles. The van der Waals surface area contributed by atoms with E-state index in [4.69, 9.17) is 9.47 Å². The molecule has 1 aromatic heterocycles. The molecule has 5 nitrogen and oxygen atoms in total. The molecule has 0 bridgehead atoms. The van der Waals surface area contributed by atoms with E-state index < -0.39 is 5.97 Å². The normalized spacial score (nSPS) is 11.7. The maximum absolute atomic E-state index is 12.3. The second-order valence-electron chi connectivity index (χ2n) is 6.41. The van der Waals surface area contributed by atoms with Crippen molar-refractivity contribution >= 4 is 23.2 Å². The molecule has 1 amide bonds. The minimum Gasteiger partial charge on any atom is -0.488 e. The van der Waals surface area contributed by atoms with Gasteiger partial charge in [-0.05, 0) is 30.2 Å². The van der Waals surface area contributed by atoms with Crippen LogP contribution in [0.1, 0.15) is 20.8 Å². The summed E-state index contributed by atoms with van der Waals surface area (Å²) in [5, 5.41) is 2.77. The summed E-state index contributed by atoms with van der Waals surface area (Å²) >= 11 is 1.37. The zero-order valence-electron chi connectivity index (χ0n) is 15.1. The van der Waals surface area contributed by atoms with Crippen molar-refractivity contribution in [2.45, 2.75) is 13.0 Å². The van der Waals surface area contributed by atoms with Gasteiger partial charge in [-0.25, -0.2) is 4.79 Å². The first kappa shape index (κ1) is 18.3. The molecule has 142 valence electrons. The Morgan fingerprint density at radius 1 is 1.07 bits per heavy atom. The molecule has 0 spiro atoms. The number of rotatable bonds is 6. The Balaban J connectivity index is 1.30. The van der Waals surface area contributed by atoms with Crippen LogP contribution >= 0.6 is 11.3 Å². The third-order valence-corrected chi connectivity index (χ3v) is 5.63. The first-order chi connectivity index (χ1) is 13.7. The Morgan fingerprint density at radius 3 is 2.71 bits per heavy atom.